The highest BCUT2D eigenvalue weighted by Gasteiger charge is 2.43. The zero-order valence-electron chi connectivity index (χ0n) is 17.6. The third-order valence-corrected chi connectivity index (χ3v) is 7.48. The van der Waals surface area contributed by atoms with Gasteiger partial charge in [0.25, 0.3) is 0 Å². The number of ether oxygens (including phenoxy) is 1. The second-order valence-corrected chi connectivity index (χ2v) is 9.29. The van der Waals surface area contributed by atoms with E-state index in [2.05, 4.69) is 27.7 Å². The number of carbonyl (C=O) groups excluding carboxylic acids is 1. The molecule has 30 heavy (non-hydrogen) atoms. The molecule has 0 radical (unpaired) electrons. The lowest BCUT2D eigenvalue weighted by atomic mass is 9.73. The van der Waals surface area contributed by atoms with Gasteiger partial charge in [0.2, 0.25) is 5.91 Å². The van der Waals surface area contributed by atoms with E-state index >= 15 is 0 Å². The molecule has 0 aromatic carbocycles. The molecular formula is C23H32ClN3O2S. The Kier molecular flexibility index (Phi) is 8.14. The lowest BCUT2D eigenvalue weighted by Crippen LogP contribution is -2.53. The topological polar surface area (TPSA) is 54.5 Å². The molecule has 1 amide bonds. The molecule has 1 saturated carbocycles. The molecule has 1 unspecified atom stereocenters. The van der Waals surface area contributed by atoms with Gasteiger partial charge in [-0.2, -0.15) is 0 Å². The van der Waals surface area contributed by atoms with Gasteiger partial charge in [-0.1, -0.05) is 18.9 Å². The number of piperidine rings is 1. The van der Waals surface area contributed by atoms with Crippen molar-refractivity contribution in [2.45, 2.75) is 62.9 Å². The van der Waals surface area contributed by atoms with Crippen LogP contribution in [0.5, 0.6) is 5.75 Å². The van der Waals surface area contributed by atoms with Crippen LogP contribution in [0.4, 0.5) is 0 Å². The van der Waals surface area contributed by atoms with Crippen molar-refractivity contribution in [2.24, 2.45) is 0 Å². The number of rotatable bonds is 8. The summed E-state index contributed by atoms with van der Waals surface area (Å²) in [4.78, 5) is 20.9. The summed E-state index contributed by atoms with van der Waals surface area (Å²) in [6.45, 7) is 2.51. The van der Waals surface area contributed by atoms with Crippen LogP contribution in [-0.2, 0) is 16.8 Å². The van der Waals surface area contributed by atoms with Gasteiger partial charge >= 0.3 is 0 Å². The predicted octanol–water partition coefficient (Wildman–Crippen LogP) is 4.56. The molecule has 3 heterocycles. The summed E-state index contributed by atoms with van der Waals surface area (Å²) in [6.07, 6.45) is 9.18. The number of aromatic nitrogens is 1. The SMILES string of the molecule is COc1ccsc1CNCCC1(c2ccccn2)CCC(=O)N(C2CCCC2)C1.Cl. The van der Waals surface area contributed by atoms with E-state index in [1.165, 1.54) is 17.7 Å². The number of thiophene rings is 1. The number of methoxy groups -OCH3 is 1. The number of hydrogen-bond acceptors (Lipinski definition) is 5. The molecule has 2 aromatic heterocycles. The largest absolute Gasteiger partial charge is 0.496 e. The van der Waals surface area contributed by atoms with E-state index in [-0.39, 0.29) is 17.8 Å². The zero-order chi connectivity index (χ0) is 20.1. The Hall–Kier alpha value is -1.63. The summed E-state index contributed by atoms with van der Waals surface area (Å²) in [5.74, 6) is 1.29. The van der Waals surface area contributed by atoms with Crippen molar-refractivity contribution in [2.75, 3.05) is 20.2 Å². The Labute approximate surface area is 189 Å². The molecule has 164 valence electrons. The molecule has 2 aromatic rings. The molecule has 1 atom stereocenters. The average Bonchev–Trinajstić information content (AvgIpc) is 3.45. The molecule has 1 N–H and O–H groups in total. The molecule has 2 aliphatic rings. The molecule has 7 heteroatoms. The number of carbonyl (C=O) groups is 1. The van der Waals surface area contributed by atoms with E-state index < -0.39 is 0 Å². The van der Waals surface area contributed by atoms with Gasteiger partial charge in [0.1, 0.15) is 5.75 Å². The smallest absolute Gasteiger partial charge is 0.222 e. The minimum Gasteiger partial charge on any atom is -0.496 e. The quantitative estimate of drug-likeness (QED) is 0.600. The van der Waals surface area contributed by atoms with Crippen molar-refractivity contribution in [3.05, 3.63) is 46.4 Å². The Morgan fingerprint density at radius 3 is 2.87 bits per heavy atom. The van der Waals surface area contributed by atoms with Gasteiger partial charge in [-0.3, -0.25) is 9.78 Å². The Balaban J connectivity index is 0.00000256. The minimum absolute atomic E-state index is 0. The van der Waals surface area contributed by atoms with E-state index in [9.17, 15) is 4.79 Å². The van der Waals surface area contributed by atoms with Crippen LogP contribution in [0.15, 0.2) is 35.8 Å². The maximum Gasteiger partial charge on any atom is 0.222 e. The summed E-state index contributed by atoms with van der Waals surface area (Å²) >= 11 is 1.72. The lowest BCUT2D eigenvalue weighted by Gasteiger charge is -2.45. The molecule has 1 aliphatic carbocycles. The first kappa shape index (κ1) is 23.0. The summed E-state index contributed by atoms with van der Waals surface area (Å²) in [6, 6.07) is 8.63. The molecule has 1 aliphatic heterocycles. The van der Waals surface area contributed by atoms with E-state index in [1.54, 1.807) is 18.4 Å². The van der Waals surface area contributed by atoms with E-state index in [0.717, 1.165) is 56.8 Å². The number of likely N-dealkylation sites (tertiary alicyclic amines) is 1. The van der Waals surface area contributed by atoms with Crippen molar-refractivity contribution >= 4 is 29.7 Å². The summed E-state index contributed by atoms with van der Waals surface area (Å²) < 4.78 is 5.42. The fourth-order valence-corrected chi connectivity index (χ4v) is 5.73. The predicted molar refractivity (Wildman–Crippen MR) is 124 cm³/mol. The van der Waals surface area contributed by atoms with Gasteiger partial charge in [0.05, 0.1) is 12.0 Å². The van der Waals surface area contributed by atoms with Crippen LogP contribution in [0.2, 0.25) is 0 Å². The van der Waals surface area contributed by atoms with Crippen LogP contribution in [-0.4, -0.2) is 42.0 Å². The van der Waals surface area contributed by atoms with Gasteiger partial charge in [0, 0.05) is 42.9 Å². The molecule has 0 bridgehead atoms. The normalized spacial score (nSPS) is 22.2. The number of pyridine rings is 1. The van der Waals surface area contributed by atoms with Crippen LogP contribution in [0.3, 0.4) is 0 Å². The minimum atomic E-state index is -0.0652. The molecule has 5 nitrogen and oxygen atoms in total. The highest BCUT2D eigenvalue weighted by atomic mass is 35.5. The average molecular weight is 450 g/mol. The third-order valence-electron chi connectivity index (χ3n) is 6.57. The van der Waals surface area contributed by atoms with Crippen LogP contribution in [0.1, 0.15) is 55.5 Å². The third kappa shape index (κ3) is 4.98. The number of halogens is 1. The van der Waals surface area contributed by atoms with Crippen molar-refractivity contribution in [1.82, 2.24) is 15.2 Å². The second kappa shape index (κ2) is 10.6. The maximum atomic E-state index is 12.7. The first-order valence-electron chi connectivity index (χ1n) is 10.7. The number of nitrogens with one attached hydrogen (secondary N) is 1. The van der Waals surface area contributed by atoms with Gasteiger partial charge in [-0.25, -0.2) is 0 Å². The first-order chi connectivity index (χ1) is 14.2. The van der Waals surface area contributed by atoms with Gasteiger partial charge in [0.15, 0.2) is 0 Å². The van der Waals surface area contributed by atoms with Crippen LogP contribution >= 0.6 is 23.7 Å². The second-order valence-electron chi connectivity index (χ2n) is 8.29. The van der Waals surface area contributed by atoms with Crippen molar-refractivity contribution in [3.63, 3.8) is 0 Å². The molecule has 4 rings (SSSR count). The Morgan fingerprint density at radius 1 is 1.30 bits per heavy atom. The maximum absolute atomic E-state index is 12.7. The van der Waals surface area contributed by atoms with Gasteiger partial charge in [-0.15, -0.1) is 23.7 Å². The Morgan fingerprint density at radius 2 is 2.13 bits per heavy atom. The first-order valence-corrected chi connectivity index (χ1v) is 11.6. The van der Waals surface area contributed by atoms with Crippen LogP contribution in [0, 0.1) is 0 Å². The Bertz CT molecular complexity index is 810. The summed E-state index contributed by atoms with van der Waals surface area (Å²) in [5, 5.41) is 5.67. The summed E-state index contributed by atoms with van der Waals surface area (Å²) in [5.41, 5.74) is 1.07. The molecule has 2 fully saturated rings. The van der Waals surface area contributed by atoms with E-state index in [1.807, 2.05) is 18.3 Å². The van der Waals surface area contributed by atoms with E-state index in [4.69, 9.17) is 9.72 Å². The molecule has 0 spiro atoms. The molecule has 1 saturated heterocycles. The molecular weight excluding hydrogens is 418 g/mol. The van der Waals surface area contributed by atoms with E-state index in [0.29, 0.717) is 18.4 Å². The van der Waals surface area contributed by atoms with Crippen LogP contribution in [0.25, 0.3) is 0 Å². The fraction of sp³-hybridized carbons (Fsp3) is 0.565. The number of hydrogen-bond donors (Lipinski definition) is 1. The highest BCUT2D eigenvalue weighted by Crippen LogP contribution is 2.39. The standard InChI is InChI=1S/C23H31N3O2S.ClH/c1-28-19-10-15-29-20(19)16-24-14-12-23(21-8-4-5-13-25-21)11-9-22(27)26(17-23)18-6-2-3-7-18;/h4-5,8,10,13,15,18,24H,2-3,6-7,9,11-12,14,16-17H2,1H3;1H. The monoisotopic (exact) mass is 449 g/mol. The van der Waals surface area contributed by atoms with Crippen molar-refractivity contribution in [3.8, 4) is 5.75 Å². The van der Waals surface area contributed by atoms with Gasteiger partial charge < -0.3 is 15.0 Å². The fourth-order valence-electron chi connectivity index (χ4n) is 4.92. The number of nitrogens with zero attached hydrogens (tertiary/aromatic N) is 2. The van der Waals surface area contributed by atoms with Crippen LogP contribution < -0.4 is 10.1 Å². The zero-order valence-corrected chi connectivity index (χ0v) is 19.3. The summed E-state index contributed by atoms with van der Waals surface area (Å²) in [7, 11) is 1.72. The lowest BCUT2D eigenvalue weighted by molar-refractivity contribution is -0.138. The van der Waals surface area contributed by atoms with Crippen molar-refractivity contribution in [1.29, 1.82) is 0 Å². The number of amides is 1. The van der Waals surface area contributed by atoms with Crippen molar-refractivity contribution < 1.29 is 9.53 Å². The highest BCUT2D eigenvalue weighted by molar-refractivity contribution is 7.10. The van der Waals surface area contributed by atoms with Gasteiger partial charge in [-0.05, 0) is 55.8 Å².